The Morgan fingerprint density at radius 2 is 2.39 bits per heavy atom. The van der Waals surface area contributed by atoms with Gasteiger partial charge in [-0.25, -0.2) is 4.98 Å². The van der Waals surface area contributed by atoms with E-state index in [9.17, 15) is 0 Å². The Bertz CT molecular complexity index is 386. The van der Waals surface area contributed by atoms with Crippen molar-refractivity contribution in [3.63, 3.8) is 0 Å². The summed E-state index contributed by atoms with van der Waals surface area (Å²) in [5.41, 5.74) is 0. The zero-order valence-electron chi connectivity index (χ0n) is 11.1. The van der Waals surface area contributed by atoms with Crippen LogP contribution in [-0.2, 0) is 0 Å². The minimum Gasteiger partial charge on any atom is -0.490 e. The molecule has 0 amide bonds. The highest BCUT2D eigenvalue weighted by molar-refractivity contribution is 9.09. The van der Waals surface area contributed by atoms with E-state index in [0.29, 0.717) is 4.83 Å². The highest BCUT2D eigenvalue weighted by Crippen LogP contribution is 2.31. The molecule has 0 aliphatic carbocycles. The van der Waals surface area contributed by atoms with Crippen LogP contribution >= 0.6 is 15.9 Å². The van der Waals surface area contributed by atoms with Gasteiger partial charge in [0.15, 0.2) is 11.6 Å². The van der Waals surface area contributed by atoms with Crippen molar-refractivity contribution in [3.8, 4) is 5.75 Å². The number of ether oxygens (including phenoxy) is 1. The average molecular weight is 313 g/mol. The fourth-order valence-electron chi connectivity index (χ4n) is 2.16. The molecule has 2 heterocycles. The summed E-state index contributed by atoms with van der Waals surface area (Å²) >= 11 is 3.76. The molecule has 2 rings (SSSR count). The lowest BCUT2D eigenvalue weighted by Gasteiger charge is -2.35. The first-order valence-electron chi connectivity index (χ1n) is 6.69. The number of hydrogen-bond acceptors (Lipinski definition) is 3. The summed E-state index contributed by atoms with van der Waals surface area (Å²) < 4.78 is 5.78. The van der Waals surface area contributed by atoms with Gasteiger partial charge in [0.25, 0.3) is 0 Å². The van der Waals surface area contributed by atoms with Crippen LogP contribution in [0.15, 0.2) is 18.3 Å². The maximum atomic E-state index is 5.78. The summed E-state index contributed by atoms with van der Waals surface area (Å²) in [6.07, 6.45) is 4.06. The Kier molecular flexibility index (Phi) is 4.87. The number of hydrogen-bond donors (Lipinski definition) is 0. The number of aromatic nitrogens is 1. The molecule has 4 heteroatoms. The van der Waals surface area contributed by atoms with Gasteiger partial charge in [-0.05, 0) is 30.9 Å². The van der Waals surface area contributed by atoms with Crippen LogP contribution in [0.5, 0.6) is 5.75 Å². The standard InChI is InChI=1S/C14H21BrN2O/c1-3-9-18-13-5-4-7-16-14(13)17-8-6-11(2)12(15)10-17/h4-5,7,11-12H,3,6,8-10H2,1-2H3. The summed E-state index contributed by atoms with van der Waals surface area (Å²) in [6.45, 7) is 7.22. The normalized spacial score (nSPS) is 24.1. The van der Waals surface area contributed by atoms with E-state index < -0.39 is 0 Å². The molecule has 0 spiro atoms. The number of pyridine rings is 1. The van der Waals surface area contributed by atoms with Gasteiger partial charge >= 0.3 is 0 Å². The van der Waals surface area contributed by atoms with E-state index in [2.05, 4.69) is 39.7 Å². The first-order valence-corrected chi connectivity index (χ1v) is 7.60. The van der Waals surface area contributed by atoms with Gasteiger partial charge in [0.1, 0.15) is 0 Å². The minimum absolute atomic E-state index is 0.535. The van der Waals surface area contributed by atoms with Crippen LogP contribution in [0.3, 0.4) is 0 Å². The summed E-state index contributed by atoms with van der Waals surface area (Å²) in [5.74, 6) is 2.63. The average Bonchev–Trinajstić information content (AvgIpc) is 2.40. The van der Waals surface area contributed by atoms with Crippen LogP contribution in [0.1, 0.15) is 26.7 Å². The van der Waals surface area contributed by atoms with Crippen molar-refractivity contribution >= 4 is 21.7 Å². The second kappa shape index (κ2) is 6.41. The van der Waals surface area contributed by atoms with Crippen LogP contribution in [-0.4, -0.2) is 29.5 Å². The Morgan fingerprint density at radius 3 is 3.11 bits per heavy atom. The zero-order chi connectivity index (χ0) is 13.0. The molecule has 1 aliphatic rings. The molecule has 0 N–H and O–H groups in total. The number of halogens is 1. The Labute approximate surface area is 118 Å². The van der Waals surface area contributed by atoms with E-state index in [-0.39, 0.29) is 0 Å². The molecule has 100 valence electrons. The first-order chi connectivity index (χ1) is 8.72. The quantitative estimate of drug-likeness (QED) is 0.796. The van der Waals surface area contributed by atoms with Gasteiger partial charge in [-0.3, -0.25) is 0 Å². The minimum atomic E-state index is 0.535. The van der Waals surface area contributed by atoms with Crippen LogP contribution in [0.25, 0.3) is 0 Å². The molecule has 1 aromatic rings. The molecule has 1 aliphatic heterocycles. The van der Waals surface area contributed by atoms with E-state index in [4.69, 9.17) is 4.74 Å². The second-order valence-electron chi connectivity index (χ2n) is 4.90. The van der Waals surface area contributed by atoms with Gasteiger partial charge in [0.2, 0.25) is 0 Å². The fourth-order valence-corrected chi connectivity index (χ4v) is 2.77. The van der Waals surface area contributed by atoms with E-state index in [1.165, 1.54) is 6.42 Å². The Morgan fingerprint density at radius 1 is 1.56 bits per heavy atom. The monoisotopic (exact) mass is 312 g/mol. The van der Waals surface area contributed by atoms with E-state index in [1.54, 1.807) is 0 Å². The van der Waals surface area contributed by atoms with Gasteiger partial charge in [-0.15, -0.1) is 0 Å². The third-order valence-electron chi connectivity index (χ3n) is 3.38. The molecular formula is C14H21BrN2O. The first kappa shape index (κ1) is 13.7. The Hall–Kier alpha value is -0.770. The molecule has 1 fully saturated rings. The van der Waals surface area contributed by atoms with Crippen LogP contribution in [0, 0.1) is 5.92 Å². The van der Waals surface area contributed by atoms with Crippen molar-refractivity contribution in [2.75, 3.05) is 24.6 Å². The van der Waals surface area contributed by atoms with E-state index in [1.807, 2.05) is 18.3 Å². The van der Waals surface area contributed by atoms with Gasteiger partial charge < -0.3 is 9.64 Å². The highest BCUT2D eigenvalue weighted by atomic mass is 79.9. The van der Waals surface area contributed by atoms with Gasteiger partial charge in [0.05, 0.1) is 6.61 Å². The maximum absolute atomic E-state index is 5.78. The molecular weight excluding hydrogens is 292 g/mol. The number of anilines is 1. The van der Waals surface area contributed by atoms with Crippen molar-refractivity contribution in [1.82, 2.24) is 4.98 Å². The third-order valence-corrected chi connectivity index (χ3v) is 4.57. The Balaban J connectivity index is 2.12. The molecule has 0 aromatic carbocycles. The highest BCUT2D eigenvalue weighted by Gasteiger charge is 2.26. The van der Waals surface area contributed by atoms with Crippen LogP contribution in [0.4, 0.5) is 5.82 Å². The predicted octanol–water partition coefficient (Wildman–Crippen LogP) is 3.48. The molecule has 3 nitrogen and oxygen atoms in total. The molecule has 0 radical (unpaired) electrons. The van der Waals surface area contributed by atoms with Gasteiger partial charge in [-0.1, -0.05) is 29.8 Å². The molecule has 2 unspecified atom stereocenters. The number of piperidine rings is 1. The number of rotatable bonds is 4. The summed E-state index contributed by atoms with van der Waals surface area (Å²) in [6, 6.07) is 3.95. The molecule has 1 aromatic heterocycles. The van der Waals surface area contributed by atoms with Crippen molar-refractivity contribution in [3.05, 3.63) is 18.3 Å². The molecule has 0 bridgehead atoms. The summed E-state index contributed by atoms with van der Waals surface area (Å²) in [4.78, 5) is 7.35. The van der Waals surface area contributed by atoms with Crippen molar-refractivity contribution in [2.45, 2.75) is 31.5 Å². The van der Waals surface area contributed by atoms with E-state index in [0.717, 1.165) is 43.6 Å². The zero-order valence-corrected chi connectivity index (χ0v) is 12.7. The molecule has 1 saturated heterocycles. The SMILES string of the molecule is CCCOc1cccnc1N1CCC(C)C(Br)C1. The lowest BCUT2D eigenvalue weighted by Crippen LogP contribution is -2.40. The van der Waals surface area contributed by atoms with Crippen molar-refractivity contribution in [1.29, 1.82) is 0 Å². The van der Waals surface area contributed by atoms with Gasteiger partial charge in [-0.2, -0.15) is 0 Å². The predicted molar refractivity (Wildman–Crippen MR) is 78.7 cm³/mol. The van der Waals surface area contributed by atoms with Crippen molar-refractivity contribution < 1.29 is 4.74 Å². The molecule has 0 saturated carbocycles. The molecule has 18 heavy (non-hydrogen) atoms. The number of alkyl halides is 1. The fraction of sp³-hybridized carbons (Fsp3) is 0.643. The lowest BCUT2D eigenvalue weighted by molar-refractivity contribution is 0.315. The van der Waals surface area contributed by atoms with Crippen LogP contribution < -0.4 is 9.64 Å². The summed E-state index contributed by atoms with van der Waals surface area (Å²) in [7, 11) is 0. The summed E-state index contributed by atoms with van der Waals surface area (Å²) in [5, 5.41) is 0. The topological polar surface area (TPSA) is 25.4 Å². The lowest BCUT2D eigenvalue weighted by atomic mass is 9.99. The van der Waals surface area contributed by atoms with Crippen LogP contribution in [0.2, 0.25) is 0 Å². The maximum Gasteiger partial charge on any atom is 0.171 e. The number of nitrogens with zero attached hydrogens (tertiary/aromatic N) is 2. The van der Waals surface area contributed by atoms with Crippen molar-refractivity contribution in [2.24, 2.45) is 5.92 Å². The van der Waals surface area contributed by atoms with E-state index >= 15 is 0 Å². The van der Waals surface area contributed by atoms with Gasteiger partial charge in [0, 0.05) is 24.1 Å². The largest absolute Gasteiger partial charge is 0.490 e. The second-order valence-corrected chi connectivity index (χ2v) is 6.08. The smallest absolute Gasteiger partial charge is 0.171 e. The molecule has 2 atom stereocenters. The third kappa shape index (κ3) is 3.16.